The maximum Gasteiger partial charge on any atom is 0.345 e. The van der Waals surface area contributed by atoms with Crippen LogP contribution in [-0.4, -0.2) is 24.3 Å². The molecule has 7 nitrogen and oxygen atoms in total. The molecule has 0 saturated heterocycles. The Kier molecular flexibility index (Phi) is 3.10. The molecule has 1 heterocycles. The van der Waals surface area contributed by atoms with Crippen molar-refractivity contribution in [2.75, 3.05) is 7.11 Å². The minimum absolute atomic E-state index is 0.185. The van der Waals surface area contributed by atoms with E-state index in [0.29, 0.717) is 33.8 Å². The number of carbonyl (C=O) groups is 2. The summed E-state index contributed by atoms with van der Waals surface area (Å²) in [6, 6.07) is 7.32. The van der Waals surface area contributed by atoms with E-state index in [1.54, 1.807) is 12.1 Å². The normalized spacial score (nSPS) is 10.8. The lowest BCUT2D eigenvalue weighted by atomic mass is 10.1. The largest absolute Gasteiger partial charge is 0.465 e. The number of fused-ring (bicyclic) bond motifs is 3. The van der Waals surface area contributed by atoms with E-state index in [-0.39, 0.29) is 11.3 Å². The molecule has 0 radical (unpaired) electrons. The number of nitro groups is 1. The molecule has 0 spiro atoms. The van der Waals surface area contributed by atoms with Gasteiger partial charge in [0.25, 0.3) is 5.69 Å². The number of benzene rings is 2. The van der Waals surface area contributed by atoms with Crippen LogP contribution in [0.4, 0.5) is 5.69 Å². The Morgan fingerprint density at radius 3 is 2.59 bits per heavy atom. The van der Waals surface area contributed by atoms with Crippen molar-refractivity contribution in [3.05, 3.63) is 51.6 Å². The molecule has 22 heavy (non-hydrogen) atoms. The summed E-state index contributed by atoms with van der Waals surface area (Å²) in [6.07, 6.45) is 0.676. The van der Waals surface area contributed by atoms with Crippen molar-refractivity contribution < 1.29 is 23.7 Å². The predicted molar refractivity (Wildman–Crippen MR) is 77.1 cm³/mol. The molecule has 0 amide bonds. The van der Waals surface area contributed by atoms with Crippen LogP contribution in [0.5, 0.6) is 0 Å². The Hall–Kier alpha value is -3.22. The van der Waals surface area contributed by atoms with Crippen molar-refractivity contribution in [1.82, 2.24) is 0 Å². The number of esters is 1. The molecule has 2 aromatic carbocycles. The predicted octanol–water partition coefficient (Wildman–Crippen LogP) is 3.09. The van der Waals surface area contributed by atoms with Crippen LogP contribution in [-0.2, 0) is 4.74 Å². The number of nitro benzene ring substituents is 1. The van der Waals surface area contributed by atoms with Crippen LogP contribution in [0.25, 0.3) is 21.9 Å². The molecule has 3 rings (SSSR count). The van der Waals surface area contributed by atoms with E-state index in [4.69, 9.17) is 4.42 Å². The molecule has 0 N–H and O–H groups in total. The summed E-state index contributed by atoms with van der Waals surface area (Å²) < 4.78 is 10.1. The highest BCUT2D eigenvalue weighted by atomic mass is 16.6. The van der Waals surface area contributed by atoms with E-state index in [2.05, 4.69) is 4.74 Å². The number of nitrogens with zero attached hydrogens (tertiary/aromatic N) is 1. The number of ether oxygens (including phenoxy) is 1. The van der Waals surface area contributed by atoms with E-state index in [9.17, 15) is 19.7 Å². The molecule has 0 aliphatic rings. The van der Waals surface area contributed by atoms with Gasteiger partial charge >= 0.3 is 5.97 Å². The minimum atomic E-state index is -0.817. The second kappa shape index (κ2) is 4.96. The van der Waals surface area contributed by atoms with Crippen molar-refractivity contribution in [3.63, 3.8) is 0 Å². The maximum atomic E-state index is 11.7. The number of rotatable bonds is 3. The van der Waals surface area contributed by atoms with Crippen molar-refractivity contribution in [2.24, 2.45) is 0 Å². The molecule has 0 atom stereocenters. The lowest BCUT2D eigenvalue weighted by Gasteiger charge is -2.01. The van der Waals surface area contributed by atoms with Crippen molar-refractivity contribution in [3.8, 4) is 0 Å². The first-order chi connectivity index (χ1) is 10.5. The highest BCUT2D eigenvalue weighted by Crippen LogP contribution is 2.34. The van der Waals surface area contributed by atoms with Crippen LogP contribution in [0.3, 0.4) is 0 Å². The third-order valence-corrected chi connectivity index (χ3v) is 3.35. The SMILES string of the molecule is COC(=O)c1cc2oc3cc(C=O)ccc3c2cc1[N+](=O)[O-]. The van der Waals surface area contributed by atoms with Crippen LogP contribution in [0.2, 0.25) is 0 Å². The van der Waals surface area contributed by atoms with Crippen LogP contribution in [0.15, 0.2) is 34.7 Å². The molecule has 0 aliphatic carbocycles. The Morgan fingerprint density at radius 2 is 1.95 bits per heavy atom. The quantitative estimate of drug-likeness (QED) is 0.319. The van der Waals surface area contributed by atoms with Gasteiger partial charge in [0, 0.05) is 28.5 Å². The van der Waals surface area contributed by atoms with Gasteiger partial charge in [-0.25, -0.2) is 4.79 Å². The number of carbonyl (C=O) groups excluding carboxylic acids is 2. The molecule has 0 bridgehead atoms. The van der Waals surface area contributed by atoms with Gasteiger partial charge in [0.1, 0.15) is 23.0 Å². The molecule has 0 fully saturated rings. The lowest BCUT2D eigenvalue weighted by Crippen LogP contribution is -2.05. The second-order valence-electron chi connectivity index (χ2n) is 4.59. The smallest absolute Gasteiger partial charge is 0.345 e. The molecule has 3 aromatic rings. The molecule has 7 heteroatoms. The zero-order valence-corrected chi connectivity index (χ0v) is 11.4. The van der Waals surface area contributed by atoms with Crippen molar-refractivity contribution >= 4 is 39.9 Å². The first-order valence-electron chi connectivity index (χ1n) is 6.23. The standard InChI is InChI=1S/C15H9NO6/c1-21-15(18)11-6-14-10(5-12(11)16(19)20)9-3-2-8(7-17)4-13(9)22-14/h2-7H,1H3. The first kappa shape index (κ1) is 13.7. The van der Waals surface area contributed by atoms with Gasteiger partial charge in [-0.05, 0) is 12.1 Å². The maximum absolute atomic E-state index is 11.7. The zero-order chi connectivity index (χ0) is 15.9. The van der Waals surface area contributed by atoms with Crippen LogP contribution >= 0.6 is 0 Å². The lowest BCUT2D eigenvalue weighted by molar-refractivity contribution is -0.385. The van der Waals surface area contributed by atoms with Crippen LogP contribution in [0.1, 0.15) is 20.7 Å². The summed E-state index contributed by atoms with van der Waals surface area (Å²) in [5.74, 6) is -0.817. The van der Waals surface area contributed by atoms with Gasteiger partial charge in [0.05, 0.1) is 12.0 Å². The zero-order valence-electron chi connectivity index (χ0n) is 11.4. The monoisotopic (exact) mass is 299 g/mol. The highest BCUT2D eigenvalue weighted by Gasteiger charge is 2.24. The van der Waals surface area contributed by atoms with Crippen molar-refractivity contribution in [1.29, 1.82) is 0 Å². The highest BCUT2D eigenvalue weighted by molar-refractivity contribution is 6.09. The minimum Gasteiger partial charge on any atom is -0.465 e. The first-order valence-corrected chi connectivity index (χ1v) is 6.23. The van der Waals surface area contributed by atoms with Crippen molar-refractivity contribution in [2.45, 2.75) is 0 Å². The van der Waals surface area contributed by atoms with Gasteiger partial charge in [0.2, 0.25) is 0 Å². The fourth-order valence-corrected chi connectivity index (χ4v) is 2.33. The number of hydrogen-bond donors (Lipinski definition) is 0. The molecular formula is C15H9NO6. The van der Waals surface area contributed by atoms with Gasteiger partial charge in [-0.2, -0.15) is 0 Å². The average Bonchev–Trinajstić information content (AvgIpc) is 2.89. The number of aldehydes is 1. The van der Waals surface area contributed by atoms with E-state index in [0.717, 1.165) is 7.11 Å². The van der Waals surface area contributed by atoms with E-state index in [1.807, 2.05) is 0 Å². The van der Waals surface area contributed by atoms with Gasteiger partial charge < -0.3 is 9.15 Å². The molecule has 0 saturated carbocycles. The van der Waals surface area contributed by atoms with Gasteiger partial charge in [-0.15, -0.1) is 0 Å². The van der Waals surface area contributed by atoms with Gasteiger partial charge in [0.15, 0.2) is 0 Å². The van der Waals surface area contributed by atoms with E-state index < -0.39 is 10.9 Å². The summed E-state index contributed by atoms with van der Waals surface area (Å²) >= 11 is 0. The van der Waals surface area contributed by atoms with E-state index in [1.165, 1.54) is 18.2 Å². The molecular weight excluding hydrogens is 290 g/mol. The molecule has 0 aliphatic heterocycles. The second-order valence-corrected chi connectivity index (χ2v) is 4.59. The number of furan rings is 1. The fraction of sp³-hybridized carbons (Fsp3) is 0.0667. The molecule has 1 aromatic heterocycles. The Morgan fingerprint density at radius 1 is 1.23 bits per heavy atom. The van der Waals surface area contributed by atoms with Gasteiger partial charge in [-0.3, -0.25) is 14.9 Å². The topological polar surface area (TPSA) is 99.7 Å². The Balaban J connectivity index is 2.37. The summed E-state index contributed by atoms with van der Waals surface area (Å²) in [4.78, 5) is 33.0. The molecule has 110 valence electrons. The summed E-state index contributed by atoms with van der Waals surface area (Å²) in [7, 11) is 1.14. The van der Waals surface area contributed by atoms with E-state index >= 15 is 0 Å². The van der Waals surface area contributed by atoms with Crippen LogP contribution < -0.4 is 0 Å². The van der Waals surface area contributed by atoms with Gasteiger partial charge in [-0.1, -0.05) is 6.07 Å². The summed E-state index contributed by atoms with van der Waals surface area (Å²) in [5, 5.41) is 12.3. The Labute approximate surface area is 123 Å². The number of hydrogen-bond acceptors (Lipinski definition) is 6. The summed E-state index contributed by atoms with van der Waals surface area (Å²) in [6.45, 7) is 0. The van der Waals surface area contributed by atoms with Crippen LogP contribution in [0, 0.1) is 10.1 Å². The number of methoxy groups -OCH3 is 1. The molecule has 0 unspecified atom stereocenters. The third-order valence-electron chi connectivity index (χ3n) is 3.35. The summed E-state index contributed by atoms with van der Waals surface area (Å²) in [5.41, 5.74) is 0.602. The average molecular weight is 299 g/mol. The fourth-order valence-electron chi connectivity index (χ4n) is 2.33. The Bertz CT molecular complexity index is 940. The third kappa shape index (κ3) is 1.99.